The molecule has 0 saturated carbocycles. The standard InChI is InChI=1S/C7H14N2O4S/c1-8-7(5-6-9(2)3)13-14(10,11)12-4/h5-6H,1-4H3/p+1. The molecule has 14 heavy (non-hydrogen) atoms. The van der Waals surface area contributed by atoms with Crippen molar-refractivity contribution < 1.29 is 21.4 Å². The highest BCUT2D eigenvalue weighted by atomic mass is 32.3. The molecule has 0 amide bonds. The fourth-order valence-electron chi connectivity index (χ4n) is 0.514. The molecule has 0 unspecified atom stereocenters. The Kier molecular flexibility index (Phi) is 5.18. The van der Waals surface area contributed by atoms with Gasteiger partial charge >= 0.3 is 10.4 Å². The van der Waals surface area contributed by atoms with E-state index in [2.05, 4.69) is 13.7 Å². The first-order chi connectivity index (χ1) is 6.41. The van der Waals surface area contributed by atoms with Crippen molar-refractivity contribution in [2.45, 2.75) is 0 Å². The molecule has 82 valence electrons. The van der Waals surface area contributed by atoms with Crippen molar-refractivity contribution >= 4 is 16.6 Å². The van der Waals surface area contributed by atoms with Gasteiger partial charge in [-0.1, -0.05) is 0 Å². The number of nitrogens with one attached hydrogen (secondary N) is 1. The van der Waals surface area contributed by atoms with Crippen LogP contribution in [0.5, 0.6) is 0 Å². The summed E-state index contributed by atoms with van der Waals surface area (Å²) in [6, 6.07) is 0. The van der Waals surface area contributed by atoms with E-state index in [0.29, 0.717) is 0 Å². The topological polar surface area (TPSA) is 67.6 Å². The molecule has 0 fully saturated rings. The second-order valence-electron chi connectivity index (χ2n) is 2.55. The second kappa shape index (κ2) is 5.61. The van der Waals surface area contributed by atoms with E-state index in [1.807, 2.05) is 0 Å². The Morgan fingerprint density at radius 3 is 2.36 bits per heavy atom. The number of allylic oxidation sites excluding steroid dienone is 1. The van der Waals surface area contributed by atoms with Gasteiger partial charge in [0.25, 0.3) is 0 Å². The quantitative estimate of drug-likeness (QED) is 0.379. The van der Waals surface area contributed by atoms with Crippen molar-refractivity contribution in [2.75, 3.05) is 28.3 Å². The highest BCUT2D eigenvalue weighted by Gasteiger charge is 2.11. The maximum Gasteiger partial charge on any atom is 0.450 e. The lowest BCUT2D eigenvalue weighted by Gasteiger charge is -2.05. The van der Waals surface area contributed by atoms with Crippen molar-refractivity contribution in [3.8, 4) is 0 Å². The Morgan fingerprint density at radius 2 is 2.00 bits per heavy atom. The molecule has 0 aromatic carbocycles. The monoisotopic (exact) mass is 223 g/mol. The smallest absolute Gasteiger partial charge is 0.358 e. The summed E-state index contributed by atoms with van der Waals surface area (Å²) in [4.78, 5) is 0. The maximum atomic E-state index is 10.9. The number of nitrogens with zero attached hydrogens (tertiary/aromatic N) is 1. The van der Waals surface area contributed by atoms with E-state index in [9.17, 15) is 8.42 Å². The molecule has 7 heteroatoms. The predicted molar refractivity (Wildman–Crippen MR) is 52.3 cm³/mol. The maximum absolute atomic E-state index is 10.9. The van der Waals surface area contributed by atoms with Gasteiger partial charge in [-0.2, -0.15) is 8.42 Å². The van der Waals surface area contributed by atoms with Crippen molar-refractivity contribution in [1.82, 2.24) is 5.32 Å². The van der Waals surface area contributed by atoms with Crippen LogP contribution in [0.2, 0.25) is 0 Å². The minimum Gasteiger partial charge on any atom is -0.358 e. The van der Waals surface area contributed by atoms with Gasteiger partial charge in [-0.15, -0.1) is 0 Å². The van der Waals surface area contributed by atoms with Gasteiger partial charge in [-0.25, -0.2) is 8.76 Å². The van der Waals surface area contributed by atoms with E-state index < -0.39 is 10.4 Å². The Labute approximate surface area is 84.2 Å². The molecule has 0 heterocycles. The summed E-state index contributed by atoms with van der Waals surface area (Å²) in [5, 5.41) is 2.57. The third-order valence-electron chi connectivity index (χ3n) is 1.17. The van der Waals surface area contributed by atoms with Crippen LogP contribution in [0, 0.1) is 0 Å². The zero-order chi connectivity index (χ0) is 11.2. The molecule has 0 aromatic heterocycles. The average Bonchev–Trinajstić information content (AvgIpc) is 2.12. The number of rotatable bonds is 5. The minimum absolute atomic E-state index is 0.0838. The SMILES string of the molecule is CN/C(=C/C=[N+](C)C)OS(=O)(=O)OC. The molecule has 0 saturated heterocycles. The molecule has 0 aromatic rings. The average molecular weight is 223 g/mol. The Bertz CT molecular complexity index is 328. The van der Waals surface area contributed by atoms with Gasteiger partial charge in [0.2, 0.25) is 5.88 Å². The highest BCUT2D eigenvalue weighted by molar-refractivity contribution is 7.81. The van der Waals surface area contributed by atoms with Gasteiger partial charge in [0.15, 0.2) is 6.21 Å². The highest BCUT2D eigenvalue weighted by Crippen LogP contribution is 2.00. The summed E-state index contributed by atoms with van der Waals surface area (Å²) >= 11 is 0. The van der Waals surface area contributed by atoms with Crippen molar-refractivity contribution in [1.29, 1.82) is 0 Å². The first-order valence-electron chi connectivity index (χ1n) is 3.80. The lowest BCUT2D eigenvalue weighted by molar-refractivity contribution is -0.458. The molecule has 6 nitrogen and oxygen atoms in total. The lowest BCUT2D eigenvalue weighted by atomic mass is 10.6. The molecule has 0 radical (unpaired) electrons. The van der Waals surface area contributed by atoms with Crippen LogP contribution in [0.1, 0.15) is 0 Å². The first-order valence-corrected chi connectivity index (χ1v) is 5.14. The summed E-state index contributed by atoms with van der Waals surface area (Å²) in [6.07, 6.45) is 3.10. The summed E-state index contributed by atoms with van der Waals surface area (Å²) in [5.41, 5.74) is 0. The zero-order valence-electron chi connectivity index (χ0n) is 8.64. The second-order valence-corrected chi connectivity index (χ2v) is 3.87. The van der Waals surface area contributed by atoms with E-state index in [1.165, 1.54) is 6.08 Å². The van der Waals surface area contributed by atoms with E-state index >= 15 is 0 Å². The first kappa shape index (κ1) is 12.9. The predicted octanol–water partition coefficient (Wildman–Crippen LogP) is -0.702. The largest absolute Gasteiger partial charge is 0.450 e. The molecule has 1 N–H and O–H groups in total. The summed E-state index contributed by atoms with van der Waals surface area (Å²) in [6.45, 7) is 0. The Morgan fingerprint density at radius 1 is 1.43 bits per heavy atom. The van der Waals surface area contributed by atoms with Gasteiger partial charge in [0.05, 0.1) is 13.2 Å². The molecule has 0 aliphatic carbocycles. The molecule has 0 bridgehead atoms. The fraction of sp³-hybridized carbons (Fsp3) is 0.571. The van der Waals surface area contributed by atoms with Gasteiger partial charge in [-0.05, 0) is 0 Å². The minimum atomic E-state index is -3.95. The van der Waals surface area contributed by atoms with Gasteiger partial charge in [-0.3, -0.25) is 0 Å². The van der Waals surface area contributed by atoms with Crippen LogP contribution in [0.15, 0.2) is 12.0 Å². The van der Waals surface area contributed by atoms with Gasteiger partial charge in [0.1, 0.15) is 14.1 Å². The van der Waals surface area contributed by atoms with Crippen LogP contribution >= 0.6 is 0 Å². The van der Waals surface area contributed by atoms with E-state index in [4.69, 9.17) is 0 Å². The fourth-order valence-corrected chi connectivity index (χ4v) is 0.940. The molecule has 0 spiro atoms. The molecule has 0 atom stereocenters. The van der Waals surface area contributed by atoms with Crippen LogP contribution in [0.3, 0.4) is 0 Å². The number of hydrogen-bond acceptors (Lipinski definition) is 5. The number of hydrogen-bond donors (Lipinski definition) is 1. The molecule has 0 aliphatic heterocycles. The van der Waals surface area contributed by atoms with Crippen LogP contribution < -0.4 is 5.32 Å². The third-order valence-corrected chi connectivity index (χ3v) is 1.96. The van der Waals surface area contributed by atoms with Crippen molar-refractivity contribution in [3.63, 3.8) is 0 Å². The Balaban J connectivity index is 4.61. The zero-order valence-corrected chi connectivity index (χ0v) is 9.46. The third kappa shape index (κ3) is 5.55. The summed E-state index contributed by atoms with van der Waals surface area (Å²) < 4.78 is 32.1. The van der Waals surface area contributed by atoms with Crippen molar-refractivity contribution in [3.05, 3.63) is 12.0 Å². The molecule has 0 rings (SSSR count). The summed E-state index contributed by atoms with van der Waals surface area (Å²) in [5.74, 6) is 0.0838. The molecule has 0 aliphatic rings. The normalized spacial score (nSPS) is 12.1. The molecular formula is C7H15N2O4S+. The van der Waals surface area contributed by atoms with Gasteiger partial charge < -0.3 is 9.50 Å². The summed E-state index contributed by atoms with van der Waals surface area (Å²) in [7, 11) is 2.22. The lowest BCUT2D eigenvalue weighted by Crippen LogP contribution is -2.16. The van der Waals surface area contributed by atoms with Crippen LogP contribution in [-0.2, 0) is 18.8 Å². The van der Waals surface area contributed by atoms with E-state index in [-0.39, 0.29) is 5.88 Å². The van der Waals surface area contributed by atoms with Crippen molar-refractivity contribution in [2.24, 2.45) is 0 Å². The van der Waals surface area contributed by atoms with Crippen LogP contribution in [0.25, 0.3) is 0 Å². The Hall–Kier alpha value is -1.08. The van der Waals surface area contributed by atoms with Crippen LogP contribution in [-0.4, -0.2) is 47.5 Å². The van der Waals surface area contributed by atoms with Gasteiger partial charge in [0, 0.05) is 7.05 Å². The molecular weight excluding hydrogens is 208 g/mol. The van der Waals surface area contributed by atoms with E-state index in [1.54, 1.807) is 31.9 Å². The van der Waals surface area contributed by atoms with E-state index in [0.717, 1.165) is 7.11 Å². The van der Waals surface area contributed by atoms with Crippen LogP contribution in [0.4, 0.5) is 0 Å².